The molecule has 0 atom stereocenters. The quantitative estimate of drug-likeness (QED) is 0.668. The van der Waals surface area contributed by atoms with Gasteiger partial charge >= 0.3 is 6.03 Å². The van der Waals surface area contributed by atoms with Crippen molar-refractivity contribution in [2.45, 2.75) is 0 Å². The molecule has 2 heterocycles. The molecule has 0 radical (unpaired) electrons. The zero-order valence-corrected chi connectivity index (χ0v) is 16.0. The molecular formula is C19H17N3O5S. The van der Waals surface area contributed by atoms with Crippen molar-refractivity contribution in [1.29, 1.82) is 0 Å². The molecule has 0 bridgehead atoms. The van der Waals surface area contributed by atoms with Crippen molar-refractivity contribution >= 4 is 28.2 Å². The van der Waals surface area contributed by atoms with E-state index in [0.29, 0.717) is 33.8 Å². The summed E-state index contributed by atoms with van der Waals surface area (Å²) in [6.07, 6.45) is 0. The van der Waals surface area contributed by atoms with Gasteiger partial charge in [0, 0.05) is 22.7 Å². The molecule has 1 aliphatic rings. The zero-order chi connectivity index (χ0) is 19.5. The van der Waals surface area contributed by atoms with Crippen LogP contribution in [0.2, 0.25) is 0 Å². The molecule has 1 aliphatic heterocycles. The average Bonchev–Trinajstić information content (AvgIpc) is 3.36. The number of hydrogen-bond acceptors (Lipinski definition) is 7. The number of nitrogens with zero attached hydrogens (tertiary/aromatic N) is 1. The van der Waals surface area contributed by atoms with Crippen LogP contribution in [0.1, 0.15) is 0 Å². The van der Waals surface area contributed by atoms with Crippen LogP contribution < -0.4 is 29.6 Å². The summed E-state index contributed by atoms with van der Waals surface area (Å²) in [6.45, 7) is 0.221. The van der Waals surface area contributed by atoms with E-state index in [1.54, 1.807) is 25.3 Å². The SMILES string of the molecule is COc1ccc(NC(=O)Nc2nc(-c3ccc4c(c3)OCO4)cs2)cc1OC. The maximum atomic E-state index is 12.3. The number of benzene rings is 2. The third kappa shape index (κ3) is 3.65. The Morgan fingerprint density at radius 3 is 2.68 bits per heavy atom. The highest BCUT2D eigenvalue weighted by atomic mass is 32.1. The van der Waals surface area contributed by atoms with Gasteiger partial charge in [-0.2, -0.15) is 0 Å². The number of aromatic nitrogens is 1. The number of anilines is 2. The Kier molecular flexibility index (Phi) is 4.90. The Balaban J connectivity index is 1.43. The van der Waals surface area contributed by atoms with Crippen LogP contribution in [-0.2, 0) is 0 Å². The summed E-state index contributed by atoms with van der Waals surface area (Å²) in [6, 6.07) is 10.3. The summed E-state index contributed by atoms with van der Waals surface area (Å²) in [4.78, 5) is 16.7. The molecule has 9 heteroatoms. The average molecular weight is 399 g/mol. The Morgan fingerprint density at radius 1 is 1.04 bits per heavy atom. The Hall–Kier alpha value is -3.46. The number of rotatable bonds is 5. The Morgan fingerprint density at radius 2 is 1.86 bits per heavy atom. The van der Waals surface area contributed by atoms with Crippen LogP contribution in [0.4, 0.5) is 15.6 Å². The fourth-order valence-electron chi connectivity index (χ4n) is 2.69. The molecule has 3 aromatic rings. The third-order valence-electron chi connectivity index (χ3n) is 4.03. The van der Waals surface area contributed by atoms with Gasteiger partial charge < -0.3 is 24.3 Å². The molecule has 0 saturated carbocycles. The summed E-state index contributed by atoms with van der Waals surface area (Å²) in [5.74, 6) is 2.51. The van der Waals surface area contributed by atoms with Crippen LogP contribution in [0.25, 0.3) is 11.3 Å². The van der Waals surface area contributed by atoms with Crippen molar-refractivity contribution in [2.24, 2.45) is 0 Å². The molecule has 8 nitrogen and oxygen atoms in total. The topological polar surface area (TPSA) is 90.9 Å². The summed E-state index contributed by atoms with van der Waals surface area (Å²) in [7, 11) is 3.09. The predicted molar refractivity (Wildman–Crippen MR) is 106 cm³/mol. The predicted octanol–water partition coefficient (Wildman–Crippen LogP) is 4.20. The van der Waals surface area contributed by atoms with Crippen LogP contribution >= 0.6 is 11.3 Å². The minimum absolute atomic E-state index is 0.221. The maximum Gasteiger partial charge on any atom is 0.325 e. The normalized spacial score (nSPS) is 11.8. The molecule has 28 heavy (non-hydrogen) atoms. The van der Waals surface area contributed by atoms with E-state index in [-0.39, 0.29) is 6.79 Å². The van der Waals surface area contributed by atoms with E-state index in [1.165, 1.54) is 18.4 Å². The molecule has 0 saturated heterocycles. The molecular weight excluding hydrogens is 382 g/mol. The summed E-state index contributed by atoms with van der Waals surface area (Å²) in [5, 5.41) is 7.81. The number of fused-ring (bicyclic) bond motifs is 1. The van der Waals surface area contributed by atoms with Crippen molar-refractivity contribution in [3.8, 4) is 34.3 Å². The third-order valence-corrected chi connectivity index (χ3v) is 4.79. The lowest BCUT2D eigenvalue weighted by Gasteiger charge is -2.10. The number of carbonyl (C=O) groups excluding carboxylic acids is 1. The molecule has 1 aromatic heterocycles. The largest absolute Gasteiger partial charge is 0.493 e. The second kappa shape index (κ2) is 7.65. The number of carbonyl (C=O) groups is 1. The number of ether oxygens (including phenoxy) is 4. The standard InChI is InChI=1S/C19H17N3O5S/c1-24-14-6-4-12(8-16(14)25-2)20-18(23)22-19-21-13(9-28-19)11-3-5-15-17(7-11)27-10-26-15/h3-9H,10H2,1-2H3,(H2,20,21,22,23). The van der Waals surface area contributed by atoms with Gasteiger partial charge in [0.25, 0.3) is 0 Å². The van der Waals surface area contributed by atoms with Crippen molar-refractivity contribution in [3.63, 3.8) is 0 Å². The Bertz CT molecular complexity index is 1020. The lowest BCUT2D eigenvalue weighted by atomic mass is 10.1. The number of hydrogen-bond donors (Lipinski definition) is 2. The van der Waals surface area contributed by atoms with Gasteiger partial charge in [-0.3, -0.25) is 5.32 Å². The van der Waals surface area contributed by atoms with Crippen LogP contribution in [0.5, 0.6) is 23.0 Å². The van der Waals surface area contributed by atoms with Gasteiger partial charge in [0.15, 0.2) is 28.1 Å². The maximum absolute atomic E-state index is 12.3. The zero-order valence-electron chi connectivity index (χ0n) is 15.1. The van der Waals surface area contributed by atoms with Crippen LogP contribution in [0, 0.1) is 0 Å². The first-order valence-electron chi connectivity index (χ1n) is 8.32. The van der Waals surface area contributed by atoms with Crippen molar-refractivity contribution in [3.05, 3.63) is 41.8 Å². The van der Waals surface area contributed by atoms with Gasteiger partial charge in [-0.05, 0) is 30.3 Å². The molecule has 0 unspecified atom stereocenters. The van der Waals surface area contributed by atoms with E-state index in [0.717, 1.165) is 11.3 Å². The molecule has 2 N–H and O–H groups in total. The lowest BCUT2D eigenvalue weighted by molar-refractivity contribution is 0.174. The van der Waals surface area contributed by atoms with Crippen LogP contribution in [0.3, 0.4) is 0 Å². The highest BCUT2D eigenvalue weighted by molar-refractivity contribution is 7.14. The van der Waals surface area contributed by atoms with E-state index in [9.17, 15) is 4.79 Å². The van der Waals surface area contributed by atoms with Gasteiger partial charge in [-0.1, -0.05) is 0 Å². The van der Waals surface area contributed by atoms with Crippen molar-refractivity contribution < 1.29 is 23.7 Å². The van der Waals surface area contributed by atoms with Crippen molar-refractivity contribution in [1.82, 2.24) is 4.98 Å². The highest BCUT2D eigenvalue weighted by Crippen LogP contribution is 2.36. The number of amides is 2. The molecule has 2 amide bonds. The van der Waals surface area contributed by atoms with Crippen LogP contribution in [-0.4, -0.2) is 32.0 Å². The molecule has 0 spiro atoms. The van der Waals surface area contributed by atoms with E-state index in [1.807, 2.05) is 23.6 Å². The van der Waals surface area contributed by atoms with Gasteiger partial charge in [-0.25, -0.2) is 9.78 Å². The van der Waals surface area contributed by atoms with Gasteiger partial charge in [0.05, 0.1) is 19.9 Å². The molecule has 0 aliphatic carbocycles. The first-order chi connectivity index (χ1) is 13.7. The fraction of sp³-hybridized carbons (Fsp3) is 0.158. The highest BCUT2D eigenvalue weighted by Gasteiger charge is 2.15. The lowest BCUT2D eigenvalue weighted by Crippen LogP contribution is -2.19. The number of methoxy groups -OCH3 is 2. The van der Waals surface area contributed by atoms with Gasteiger partial charge in [-0.15, -0.1) is 11.3 Å². The first kappa shape index (κ1) is 17.9. The second-order valence-electron chi connectivity index (χ2n) is 5.75. The minimum atomic E-state index is -0.404. The monoisotopic (exact) mass is 399 g/mol. The number of thiazole rings is 1. The summed E-state index contributed by atoms with van der Waals surface area (Å²) >= 11 is 1.33. The smallest absolute Gasteiger partial charge is 0.325 e. The fourth-order valence-corrected chi connectivity index (χ4v) is 3.41. The van der Waals surface area contributed by atoms with E-state index in [2.05, 4.69) is 15.6 Å². The Labute approximate surface area is 165 Å². The molecule has 144 valence electrons. The van der Waals surface area contributed by atoms with E-state index >= 15 is 0 Å². The number of urea groups is 1. The minimum Gasteiger partial charge on any atom is -0.493 e. The molecule has 4 rings (SSSR count). The summed E-state index contributed by atoms with van der Waals surface area (Å²) in [5.41, 5.74) is 2.20. The van der Waals surface area contributed by atoms with Crippen LogP contribution in [0.15, 0.2) is 41.8 Å². The van der Waals surface area contributed by atoms with Crippen molar-refractivity contribution in [2.75, 3.05) is 31.6 Å². The van der Waals surface area contributed by atoms with Gasteiger partial charge in [0.1, 0.15) is 0 Å². The first-order valence-corrected chi connectivity index (χ1v) is 9.20. The molecule has 0 fully saturated rings. The summed E-state index contributed by atoms with van der Waals surface area (Å²) < 4.78 is 21.1. The van der Waals surface area contributed by atoms with E-state index < -0.39 is 6.03 Å². The number of nitrogens with one attached hydrogen (secondary N) is 2. The molecule has 2 aromatic carbocycles. The van der Waals surface area contributed by atoms with E-state index in [4.69, 9.17) is 18.9 Å². The van der Waals surface area contributed by atoms with Gasteiger partial charge in [0.2, 0.25) is 6.79 Å². The second-order valence-corrected chi connectivity index (χ2v) is 6.61.